The summed E-state index contributed by atoms with van der Waals surface area (Å²) in [6.45, 7) is 0. The topological polar surface area (TPSA) is 51.2 Å². The Kier molecular flexibility index (Phi) is 5.42. The number of hydrogen-bond acceptors (Lipinski definition) is 4. The Morgan fingerprint density at radius 1 is 0.800 bits per heavy atom. The standard InChI is InChI=1S/C20H17O3PS/c21-16(14-19(22)20-12-7-13-25-20)15-24(23,17-8-3-1-4-9-17)18-10-5-2-6-11-18/h1-13H,14-15H2. The molecular formula is C20H17O3PS. The van der Waals surface area contributed by atoms with Gasteiger partial charge in [0.25, 0.3) is 0 Å². The number of Topliss-reactive ketones (excluding diaryl/α,β-unsaturated/α-hetero) is 2. The van der Waals surface area contributed by atoms with Crippen molar-refractivity contribution in [1.82, 2.24) is 0 Å². The van der Waals surface area contributed by atoms with E-state index in [0.717, 1.165) is 0 Å². The van der Waals surface area contributed by atoms with E-state index in [1.54, 1.807) is 41.8 Å². The third kappa shape index (κ3) is 4.04. The van der Waals surface area contributed by atoms with Gasteiger partial charge in [-0.05, 0) is 11.4 Å². The summed E-state index contributed by atoms with van der Waals surface area (Å²) in [5.74, 6) is -0.512. The van der Waals surface area contributed by atoms with Gasteiger partial charge in [-0.15, -0.1) is 11.3 Å². The molecule has 25 heavy (non-hydrogen) atoms. The van der Waals surface area contributed by atoms with Gasteiger partial charge >= 0.3 is 0 Å². The Morgan fingerprint density at radius 2 is 1.36 bits per heavy atom. The number of ketones is 2. The highest BCUT2D eigenvalue weighted by molar-refractivity contribution is 7.79. The summed E-state index contributed by atoms with van der Waals surface area (Å²) in [5, 5.41) is 3.08. The van der Waals surface area contributed by atoms with E-state index in [2.05, 4.69) is 0 Å². The summed E-state index contributed by atoms with van der Waals surface area (Å²) in [4.78, 5) is 25.3. The third-order valence-corrected chi connectivity index (χ3v) is 7.87. The highest BCUT2D eigenvalue weighted by Gasteiger charge is 2.30. The Labute approximate surface area is 150 Å². The molecule has 0 amide bonds. The normalized spacial score (nSPS) is 11.2. The lowest BCUT2D eigenvalue weighted by Crippen LogP contribution is -2.23. The molecule has 0 aliphatic rings. The van der Waals surface area contributed by atoms with Crippen molar-refractivity contribution in [2.75, 3.05) is 6.16 Å². The van der Waals surface area contributed by atoms with Crippen molar-refractivity contribution >= 4 is 40.7 Å². The second-order valence-electron chi connectivity index (χ2n) is 5.68. The van der Waals surface area contributed by atoms with Crippen molar-refractivity contribution in [1.29, 1.82) is 0 Å². The predicted octanol–water partition coefficient (Wildman–Crippen LogP) is 3.90. The fourth-order valence-corrected chi connectivity index (χ4v) is 5.92. The van der Waals surface area contributed by atoms with Crippen molar-refractivity contribution in [3.05, 3.63) is 83.1 Å². The number of thiophene rings is 1. The molecular weight excluding hydrogens is 351 g/mol. The molecule has 126 valence electrons. The molecule has 2 aromatic carbocycles. The summed E-state index contributed by atoms with van der Waals surface area (Å²) in [6, 6.07) is 21.5. The molecule has 1 heterocycles. The minimum atomic E-state index is -3.11. The maximum Gasteiger partial charge on any atom is 0.180 e. The van der Waals surface area contributed by atoms with E-state index in [1.165, 1.54) is 11.3 Å². The average Bonchev–Trinajstić information content (AvgIpc) is 3.18. The molecule has 0 bridgehead atoms. The second-order valence-corrected chi connectivity index (χ2v) is 9.46. The van der Waals surface area contributed by atoms with Crippen LogP contribution in [0, 0.1) is 0 Å². The van der Waals surface area contributed by atoms with Gasteiger partial charge in [0, 0.05) is 10.6 Å². The quantitative estimate of drug-likeness (QED) is 0.361. The second kappa shape index (κ2) is 7.73. The maximum absolute atomic E-state index is 13.8. The zero-order chi connectivity index (χ0) is 17.7. The van der Waals surface area contributed by atoms with Gasteiger partial charge in [0.1, 0.15) is 12.9 Å². The molecule has 3 nitrogen and oxygen atoms in total. The fourth-order valence-electron chi connectivity index (χ4n) is 2.68. The molecule has 0 N–H and O–H groups in total. The van der Waals surface area contributed by atoms with Crippen LogP contribution in [0.2, 0.25) is 0 Å². The summed E-state index contributed by atoms with van der Waals surface area (Å²) < 4.78 is 13.8. The van der Waals surface area contributed by atoms with Crippen molar-refractivity contribution in [2.24, 2.45) is 0 Å². The number of benzene rings is 2. The van der Waals surface area contributed by atoms with Gasteiger partial charge < -0.3 is 4.57 Å². The number of carbonyl (C=O) groups excluding carboxylic acids is 2. The zero-order valence-corrected chi connectivity index (χ0v) is 15.2. The van der Waals surface area contributed by atoms with E-state index in [4.69, 9.17) is 0 Å². The lowest BCUT2D eigenvalue weighted by Gasteiger charge is -2.18. The molecule has 3 rings (SSSR count). The monoisotopic (exact) mass is 368 g/mol. The molecule has 0 aliphatic heterocycles. The van der Waals surface area contributed by atoms with Crippen LogP contribution < -0.4 is 10.6 Å². The lowest BCUT2D eigenvalue weighted by molar-refractivity contribution is -0.115. The van der Waals surface area contributed by atoms with E-state index >= 15 is 0 Å². The molecule has 0 spiro atoms. The fraction of sp³-hybridized carbons (Fsp3) is 0.100. The summed E-state index contributed by atoms with van der Waals surface area (Å²) in [5.41, 5.74) is 0. The van der Waals surface area contributed by atoms with Gasteiger partial charge in [-0.2, -0.15) is 0 Å². The average molecular weight is 368 g/mol. The van der Waals surface area contributed by atoms with Crippen LogP contribution >= 0.6 is 18.5 Å². The smallest absolute Gasteiger partial charge is 0.180 e. The van der Waals surface area contributed by atoms with Crippen LogP contribution in [0.1, 0.15) is 16.1 Å². The van der Waals surface area contributed by atoms with Gasteiger partial charge in [-0.25, -0.2) is 0 Å². The molecule has 0 saturated carbocycles. The number of carbonyl (C=O) groups is 2. The summed E-state index contributed by atoms with van der Waals surface area (Å²) in [6.07, 6.45) is -0.359. The van der Waals surface area contributed by atoms with Gasteiger partial charge in [0.15, 0.2) is 5.78 Å². The van der Waals surface area contributed by atoms with Crippen LogP contribution in [0.3, 0.4) is 0 Å². The highest BCUT2D eigenvalue weighted by atomic mass is 32.1. The predicted molar refractivity (Wildman–Crippen MR) is 103 cm³/mol. The van der Waals surface area contributed by atoms with Crippen molar-refractivity contribution < 1.29 is 14.2 Å². The summed E-state index contributed by atoms with van der Waals surface area (Å²) >= 11 is 1.31. The third-order valence-electron chi connectivity index (χ3n) is 3.90. The SMILES string of the molecule is O=C(CC(=O)c1cccs1)CP(=O)(c1ccccc1)c1ccccc1. The van der Waals surface area contributed by atoms with E-state index in [0.29, 0.717) is 15.5 Å². The molecule has 0 saturated heterocycles. The Balaban J connectivity index is 1.87. The van der Waals surface area contributed by atoms with Gasteiger partial charge in [0.2, 0.25) is 0 Å². The molecule has 0 fully saturated rings. The number of rotatable bonds is 7. The largest absolute Gasteiger partial charge is 0.313 e. The number of hydrogen-bond donors (Lipinski definition) is 0. The lowest BCUT2D eigenvalue weighted by atomic mass is 10.2. The van der Waals surface area contributed by atoms with Crippen molar-refractivity contribution in [3.63, 3.8) is 0 Å². The van der Waals surface area contributed by atoms with Gasteiger partial charge in [0.05, 0.1) is 17.5 Å². The first-order chi connectivity index (χ1) is 12.1. The molecule has 0 unspecified atom stereocenters. The van der Waals surface area contributed by atoms with Crippen molar-refractivity contribution in [2.45, 2.75) is 6.42 Å². The van der Waals surface area contributed by atoms with Gasteiger partial charge in [-0.3, -0.25) is 9.59 Å². The first-order valence-electron chi connectivity index (χ1n) is 7.88. The van der Waals surface area contributed by atoms with Crippen LogP contribution in [-0.4, -0.2) is 17.7 Å². The minimum absolute atomic E-state index is 0.141. The summed E-state index contributed by atoms with van der Waals surface area (Å²) in [7, 11) is -3.11. The first kappa shape index (κ1) is 17.5. The Hall–Kier alpha value is -2.29. The molecule has 0 atom stereocenters. The van der Waals surface area contributed by atoms with Crippen LogP contribution in [0.5, 0.6) is 0 Å². The Bertz CT molecular complexity index is 859. The molecule has 0 radical (unpaired) electrons. The minimum Gasteiger partial charge on any atom is -0.313 e. The zero-order valence-electron chi connectivity index (χ0n) is 13.5. The molecule has 0 aliphatic carbocycles. The van der Waals surface area contributed by atoms with Gasteiger partial charge in [-0.1, -0.05) is 66.7 Å². The highest BCUT2D eigenvalue weighted by Crippen LogP contribution is 2.43. The molecule has 1 aromatic heterocycles. The van der Waals surface area contributed by atoms with Crippen LogP contribution in [0.25, 0.3) is 0 Å². The first-order valence-corrected chi connectivity index (χ1v) is 10.7. The van der Waals surface area contributed by atoms with Crippen LogP contribution in [-0.2, 0) is 9.36 Å². The van der Waals surface area contributed by atoms with E-state index < -0.39 is 7.14 Å². The molecule has 3 aromatic rings. The van der Waals surface area contributed by atoms with E-state index in [-0.39, 0.29) is 24.1 Å². The molecule has 5 heteroatoms. The van der Waals surface area contributed by atoms with Crippen LogP contribution in [0.4, 0.5) is 0 Å². The van der Waals surface area contributed by atoms with E-state index in [9.17, 15) is 14.2 Å². The van der Waals surface area contributed by atoms with Crippen molar-refractivity contribution in [3.8, 4) is 0 Å². The van der Waals surface area contributed by atoms with Crippen LogP contribution in [0.15, 0.2) is 78.2 Å². The Morgan fingerprint density at radius 3 is 1.84 bits per heavy atom. The van der Waals surface area contributed by atoms with E-state index in [1.807, 2.05) is 36.4 Å². The maximum atomic E-state index is 13.8.